The van der Waals surface area contributed by atoms with E-state index >= 15 is 0 Å². The highest BCUT2D eigenvalue weighted by molar-refractivity contribution is 6.31. The van der Waals surface area contributed by atoms with E-state index in [0.29, 0.717) is 28.8 Å². The molecule has 0 bridgehead atoms. The van der Waals surface area contributed by atoms with Gasteiger partial charge in [0.2, 0.25) is 0 Å². The molecule has 0 aliphatic carbocycles. The Balaban J connectivity index is 1.65. The topological polar surface area (TPSA) is 48.0 Å². The average Bonchev–Trinajstić information content (AvgIpc) is 2.83. The van der Waals surface area contributed by atoms with Crippen molar-refractivity contribution in [1.82, 2.24) is 4.90 Å². The molecule has 0 saturated heterocycles. The van der Waals surface area contributed by atoms with Crippen molar-refractivity contribution in [3.05, 3.63) is 87.9 Å². The molecule has 0 unspecified atom stereocenters. The Morgan fingerprint density at radius 2 is 1.75 bits per heavy atom. The Kier molecular flexibility index (Phi) is 6.56. The standard InChI is InChI=1S/C26H26ClNO4/c1-17-13-20(9-10-22(17)27)32-16-25(29)28-12-11-19-14-23(30-2)24(31-3)15-21(19)26(28)18-7-5-4-6-8-18/h4-10,13-15,26H,11-12,16H2,1-3H3/t26-/m1/s1. The van der Waals surface area contributed by atoms with Crippen LogP contribution in [0.2, 0.25) is 5.02 Å². The number of fused-ring (bicyclic) bond motifs is 1. The zero-order chi connectivity index (χ0) is 22.7. The van der Waals surface area contributed by atoms with Gasteiger partial charge in [-0.25, -0.2) is 0 Å². The van der Waals surface area contributed by atoms with Gasteiger partial charge in [0, 0.05) is 11.6 Å². The molecule has 0 fully saturated rings. The highest BCUT2D eigenvalue weighted by atomic mass is 35.5. The van der Waals surface area contributed by atoms with Crippen molar-refractivity contribution in [1.29, 1.82) is 0 Å². The zero-order valence-corrected chi connectivity index (χ0v) is 19.2. The Morgan fingerprint density at radius 1 is 1.03 bits per heavy atom. The molecule has 0 saturated carbocycles. The Labute approximate surface area is 193 Å². The van der Waals surface area contributed by atoms with Crippen LogP contribution in [0.3, 0.4) is 0 Å². The van der Waals surface area contributed by atoms with Crippen molar-refractivity contribution in [3.63, 3.8) is 0 Å². The molecule has 1 aliphatic rings. The Morgan fingerprint density at radius 3 is 2.44 bits per heavy atom. The molecule has 0 radical (unpaired) electrons. The number of amides is 1. The maximum absolute atomic E-state index is 13.3. The first-order chi connectivity index (χ1) is 15.5. The first-order valence-corrected chi connectivity index (χ1v) is 10.9. The molecule has 5 nitrogen and oxygen atoms in total. The summed E-state index contributed by atoms with van der Waals surface area (Å²) in [4.78, 5) is 15.2. The van der Waals surface area contributed by atoms with Crippen molar-refractivity contribution in [3.8, 4) is 17.2 Å². The fourth-order valence-electron chi connectivity index (χ4n) is 4.14. The molecule has 3 aromatic carbocycles. The van der Waals surface area contributed by atoms with Crippen LogP contribution in [0.4, 0.5) is 0 Å². The predicted octanol–water partition coefficient (Wildman–Crippen LogP) is 5.22. The first kappa shape index (κ1) is 22.0. The lowest BCUT2D eigenvalue weighted by molar-refractivity contribution is -0.135. The summed E-state index contributed by atoms with van der Waals surface area (Å²) in [6.07, 6.45) is 0.727. The van der Waals surface area contributed by atoms with Gasteiger partial charge in [-0.2, -0.15) is 0 Å². The highest BCUT2D eigenvalue weighted by Gasteiger charge is 2.33. The van der Waals surface area contributed by atoms with Crippen LogP contribution < -0.4 is 14.2 Å². The number of rotatable bonds is 6. The molecule has 1 amide bonds. The van der Waals surface area contributed by atoms with E-state index in [-0.39, 0.29) is 18.6 Å². The molecule has 0 spiro atoms. The van der Waals surface area contributed by atoms with Crippen molar-refractivity contribution in [2.24, 2.45) is 0 Å². The number of nitrogens with zero attached hydrogens (tertiary/aromatic N) is 1. The van der Waals surface area contributed by atoms with Gasteiger partial charge in [0.25, 0.3) is 5.91 Å². The van der Waals surface area contributed by atoms with Crippen LogP contribution in [0.1, 0.15) is 28.3 Å². The molecule has 6 heteroatoms. The van der Waals surface area contributed by atoms with E-state index in [2.05, 4.69) is 0 Å². The summed E-state index contributed by atoms with van der Waals surface area (Å²) in [7, 11) is 3.25. The lowest BCUT2D eigenvalue weighted by Crippen LogP contribution is -2.43. The number of benzene rings is 3. The normalized spacial score (nSPS) is 15.1. The Bertz CT molecular complexity index is 1120. The quantitative estimate of drug-likeness (QED) is 0.515. The number of hydrogen-bond donors (Lipinski definition) is 0. The summed E-state index contributed by atoms with van der Waals surface area (Å²) in [6, 6.07) is 19.2. The van der Waals surface area contributed by atoms with Crippen LogP contribution in [0, 0.1) is 6.92 Å². The molecule has 1 aliphatic heterocycles. The summed E-state index contributed by atoms with van der Waals surface area (Å²) in [5, 5.41) is 0.671. The molecule has 1 atom stereocenters. The highest BCUT2D eigenvalue weighted by Crippen LogP contribution is 2.41. The molecular formula is C26H26ClNO4. The largest absolute Gasteiger partial charge is 0.493 e. The second kappa shape index (κ2) is 9.53. The average molecular weight is 452 g/mol. The minimum Gasteiger partial charge on any atom is -0.493 e. The fourth-order valence-corrected chi connectivity index (χ4v) is 4.26. The van der Waals surface area contributed by atoms with Gasteiger partial charge in [-0.3, -0.25) is 4.79 Å². The molecule has 32 heavy (non-hydrogen) atoms. The lowest BCUT2D eigenvalue weighted by Gasteiger charge is -2.38. The van der Waals surface area contributed by atoms with Crippen molar-refractivity contribution < 1.29 is 19.0 Å². The minimum absolute atomic E-state index is 0.0486. The predicted molar refractivity (Wildman–Crippen MR) is 125 cm³/mol. The van der Waals surface area contributed by atoms with Crippen LogP contribution in [0.25, 0.3) is 0 Å². The van der Waals surface area contributed by atoms with E-state index in [4.69, 9.17) is 25.8 Å². The molecule has 0 aromatic heterocycles. The molecule has 0 N–H and O–H groups in total. The smallest absolute Gasteiger partial charge is 0.261 e. The van der Waals surface area contributed by atoms with Crippen molar-refractivity contribution in [2.45, 2.75) is 19.4 Å². The molecule has 166 valence electrons. The monoisotopic (exact) mass is 451 g/mol. The van der Waals surface area contributed by atoms with Crippen LogP contribution in [-0.2, 0) is 11.2 Å². The van der Waals surface area contributed by atoms with Gasteiger partial charge in [0.05, 0.1) is 20.3 Å². The van der Waals surface area contributed by atoms with E-state index in [0.717, 1.165) is 28.7 Å². The summed E-state index contributed by atoms with van der Waals surface area (Å²) < 4.78 is 16.8. The lowest BCUT2D eigenvalue weighted by atomic mass is 9.87. The van der Waals surface area contributed by atoms with E-state index in [1.807, 2.05) is 60.4 Å². The van der Waals surface area contributed by atoms with Crippen LogP contribution in [0.5, 0.6) is 17.2 Å². The summed E-state index contributed by atoms with van der Waals surface area (Å²) >= 11 is 6.10. The summed E-state index contributed by atoms with van der Waals surface area (Å²) in [6.45, 7) is 2.45. The SMILES string of the molecule is COc1cc2c(cc1OC)[C@@H](c1ccccc1)N(C(=O)COc1ccc(Cl)c(C)c1)CC2. The number of halogens is 1. The number of ether oxygens (including phenoxy) is 3. The Hall–Kier alpha value is -3.18. The molecule has 4 rings (SSSR count). The van der Waals surface area contributed by atoms with Crippen LogP contribution in [-0.4, -0.2) is 38.2 Å². The maximum atomic E-state index is 13.3. The maximum Gasteiger partial charge on any atom is 0.261 e. The second-order valence-electron chi connectivity index (χ2n) is 7.76. The summed E-state index contributed by atoms with van der Waals surface area (Å²) in [5.74, 6) is 1.89. The van der Waals surface area contributed by atoms with Gasteiger partial charge in [0.15, 0.2) is 18.1 Å². The third-order valence-electron chi connectivity index (χ3n) is 5.80. The van der Waals surface area contributed by atoms with Gasteiger partial charge in [-0.1, -0.05) is 41.9 Å². The number of carbonyl (C=O) groups is 1. The molecule has 1 heterocycles. The minimum atomic E-state index is -0.234. The fraction of sp³-hybridized carbons (Fsp3) is 0.269. The third kappa shape index (κ3) is 4.39. The van der Waals surface area contributed by atoms with Crippen LogP contribution in [0.15, 0.2) is 60.7 Å². The van der Waals surface area contributed by atoms with E-state index in [9.17, 15) is 4.79 Å². The molecular weight excluding hydrogens is 426 g/mol. The first-order valence-electron chi connectivity index (χ1n) is 10.5. The number of hydrogen-bond acceptors (Lipinski definition) is 4. The van der Waals surface area contributed by atoms with E-state index < -0.39 is 0 Å². The number of methoxy groups -OCH3 is 2. The van der Waals surface area contributed by atoms with Gasteiger partial charge >= 0.3 is 0 Å². The van der Waals surface area contributed by atoms with Gasteiger partial charge in [-0.05, 0) is 65.9 Å². The number of carbonyl (C=O) groups excluding carboxylic acids is 1. The van der Waals surface area contributed by atoms with E-state index in [1.54, 1.807) is 26.4 Å². The van der Waals surface area contributed by atoms with Gasteiger partial charge in [0.1, 0.15) is 5.75 Å². The van der Waals surface area contributed by atoms with Crippen molar-refractivity contribution >= 4 is 17.5 Å². The van der Waals surface area contributed by atoms with Gasteiger partial charge in [-0.15, -0.1) is 0 Å². The van der Waals surface area contributed by atoms with Crippen LogP contribution >= 0.6 is 11.6 Å². The van der Waals surface area contributed by atoms with Gasteiger partial charge < -0.3 is 19.1 Å². The van der Waals surface area contributed by atoms with Crippen molar-refractivity contribution in [2.75, 3.05) is 27.4 Å². The summed E-state index contributed by atoms with van der Waals surface area (Å²) in [5.41, 5.74) is 4.13. The molecule has 3 aromatic rings. The second-order valence-corrected chi connectivity index (χ2v) is 8.16. The third-order valence-corrected chi connectivity index (χ3v) is 6.23. The zero-order valence-electron chi connectivity index (χ0n) is 18.4. The number of aryl methyl sites for hydroxylation is 1. The van der Waals surface area contributed by atoms with E-state index in [1.165, 1.54) is 0 Å².